The summed E-state index contributed by atoms with van der Waals surface area (Å²) in [6.07, 6.45) is -4.04. The fourth-order valence-electron chi connectivity index (χ4n) is 1.65. The maximum Gasteiger partial charge on any atom is 0.397 e. The number of benzene rings is 1. The van der Waals surface area contributed by atoms with Crippen LogP contribution in [0.4, 0.5) is 13.2 Å². The normalized spacial score (nSPS) is 14.7. The van der Waals surface area contributed by atoms with Crippen molar-refractivity contribution < 1.29 is 23.1 Å². The van der Waals surface area contributed by atoms with E-state index in [4.69, 9.17) is 5.11 Å². The standard InChI is InChI=1S/C13H14F3NO2/c1-2-10(13(14,15)16)11(12(18)19)17-8-9-6-4-3-5-7-9/h2-7,10-11,17H,1,8H2,(H,18,19)/t10-,11-/m1/s1. The Kier molecular flexibility index (Phi) is 5.11. The number of carboxylic acid groups (broad SMARTS) is 1. The van der Waals surface area contributed by atoms with Crippen LogP contribution in [0.1, 0.15) is 5.56 Å². The Labute approximate surface area is 108 Å². The van der Waals surface area contributed by atoms with Gasteiger partial charge in [-0.3, -0.25) is 10.1 Å². The molecule has 0 radical (unpaired) electrons. The van der Waals surface area contributed by atoms with Crippen molar-refractivity contribution in [3.05, 3.63) is 48.6 Å². The number of carboxylic acids is 1. The first-order chi connectivity index (χ1) is 8.86. The highest BCUT2D eigenvalue weighted by Crippen LogP contribution is 2.30. The minimum atomic E-state index is -4.64. The molecule has 2 atom stereocenters. The maximum absolute atomic E-state index is 12.7. The quantitative estimate of drug-likeness (QED) is 0.783. The van der Waals surface area contributed by atoms with Crippen LogP contribution in [0.3, 0.4) is 0 Å². The van der Waals surface area contributed by atoms with Crippen molar-refractivity contribution in [2.24, 2.45) is 5.92 Å². The highest BCUT2D eigenvalue weighted by atomic mass is 19.4. The lowest BCUT2D eigenvalue weighted by Gasteiger charge is -2.24. The third-order valence-corrected chi connectivity index (χ3v) is 2.63. The summed E-state index contributed by atoms with van der Waals surface area (Å²) in [7, 11) is 0. The number of hydrogen-bond acceptors (Lipinski definition) is 2. The van der Waals surface area contributed by atoms with Crippen LogP contribution in [0.25, 0.3) is 0 Å². The predicted molar refractivity (Wildman–Crippen MR) is 64.4 cm³/mol. The lowest BCUT2D eigenvalue weighted by Crippen LogP contribution is -2.47. The molecule has 0 amide bonds. The zero-order chi connectivity index (χ0) is 14.5. The molecule has 6 heteroatoms. The largest absolute Gasteiger partial charge is 0.480 e. The molecule has 0 saturated carbocycles. The van der Waals surface area contributed by atoms with Crippen LogP contribution in [0.15, 0.2) is 43.0 Å². The van der Waals surface area contributed by atoms with E-state index in [0.29, 0.717) is 11.6 Å². The van der Waals surface area contributed by atoms with Gasteiger partial charge in [0, 0.05) is 6.54 Å². The number of rotatable bonds is 6. The molecule has 0 spiro atoms. The van der Waals surface area contributed by atoms with Crippen LogP contribution >= 0.6 is 0 Å². The highest BCUT2D eigenvalue weighted by Gasteiger charge is 2.45. The highest BCUT2D eigenvalue weighted by molar-refractivity contribution is 5.74. The molecule has 0 aliphatic carbocycles. The van der Waals surface area contributed by atoms with E-state index in [0.717, 1.165) is 0 Å². The minimum Gasteiger partial charge on any atom is -0.480 e. The Hall–Kier alpha value is -1.82. The fourth-order valence-corrected chi connectivity index (χ4v) is 1.65. The van der Waals surface area contributed by atoms with E-state index in [1.807, 2.05) is 0 Å². The third-order valence-electron chi connectivity index (χ3n) is 2.63. The van der Waals surface area contributed by atoms with Crippen LogP contribution in [-0.4, -0.2) is 23.3 Å². The summed E-state index contributed by atoms with van der Waals surface area (Å²) in [5, 5.41) is 11.3. The van der Waals surface area contributed by atoms with Gasteiger partial charge in [0.1, 0.15) is 6.04 Å². The molecule has 0 saturated heterocycles. The molecule has 0 unspecified atom stereocenters. The second-order valence-electron chi connectivity index (χ2n) is 3.99. The summed E-state index contributed by atoms with van der Waals surface area (Å²) in [5.74, 6) is -3.69. The number of carbonyl (C=O) groups is 1. The van der Waals surface area contributed by atoms with Gasteiger partial charge in [-0.1, -0.05) is 36.4 Å². The number of hydrogen-bond donors (Lipinski definition) is 2. The van der Waals surface area contributed by atoms with Crippen LogP contribution in [0, 0.1) is 5.92 Å². The molecule has 0 aromatic heterocycles. The molecule has 104 valence electrons. The number of nitrogens with one attached hydrogen (secondary N) is 1. The molecule has 1 rings (SSSR count). The summed E-state index contributed by atoms with van der Waals surface area (Å²) in [4.78, 5) is 11.0. The van der Waals surface area contributed by atoms with Gasteiger partial charge in [-0.2, -0.15) is 13.2 Å². The van der Waals surface area contributed by atoms with Gasteiger partial charge in [0.2, 0.25) is 0 Å². The first-order valence-electron chi connectivity index (χ1n) is 5.55. The van der Waals surface area contributed by atoms with E-state index in [2.05, 4.69) is 11.9 Å². The Balaban J connectivity index is 2.78. The van der Waals surface area contributed by atoms with Gasteiger partial charge in [-0.05, 0) is 5.56 Å². The van der Waals surface area contributed by atoms with Gasteiger partial charge in [-0.15, -0.1) is 6.58 Å². The predicted octanol–water partition coefficient (Wildman–Crippen LogP) is 2.59. The maximum atomic E-state index is 12.7. The Morgan fingerprint density at radius 2 is 1.95 bits per heavy atom. The molecular weight excluding hydrogens is 259 g/mol. The first-order valence-corrected chi connectivity index (χ1v) is 5.55. The van der Waals surface area contributed by atoms with Crippen LogP contribution in [0.5, 0.6) is 0 Å². The van der Waals surface area contributed by atoms with Gasteiger partial charge in [0.25, 0.3) is 0 Å². The summed E-state index contributed by atoms with van der Waals surface area (Å²) in [5.41, 5.74) is 0.707. The summed E-state index contributed by atoms with van der Waals surface area (Å²) < 4.78 is 38.0. The van der Waals surface area contributed by atoms with Gasteiger partial charge >= 0.3 is 12.1 Å². The van der Waals surface area contributed by atoms with Gasteiger partial charge in [0.05, 0.1) is 5.92 Å². The molecule has 1 aromatic carbocycles. The zero-order valence-corrected chi connectivity index (χ0v) is 10.0. The van der Waals surface area contributed by atoms with E-state index < -0.39 is 24.1 Å². The zero-order valence-electron chi connectivity index (χ0n) is 10.0. The SMILES string of the molecule is C=C[C@H]([C@@H](NCc1ccccc1)C(=O)O)C(F)(F)F. The minimum absolute atomic E-state index is 0.0399. The summed E-state index contributed by atoms with van der Waals surface area (Å²) >= 11 is 0. The van der Waals surface area contributed by atoms with Crippen molar-refractivity contribution in [1.82, 2.24) is 5.32 Å². The average molecular weight is 273 g/mol. The van der Waals surface area contributed by atoms with E-state index in [-0.39, 0.29) is 6.54 Å². The Morgan fingerprint density at radius 1 is 1.37 bits per heavy atom. The summed E-state index contributed by atoms with van der Waals surface area (Å²) in [6.45, 7) is 3.10. The lowest BCUT2D eigenvalue weighted by atomic mass is 9.99. The van der Waals surface area contributed by atoms with E-state index in [1.165, 1.54) is 0 Å². The van der Waals surface area contributed by atoms with Crippen molar-refractivity contribution in [1.29, 1.82) is 0 Å². The topological polar surface area (TPSA) is 49.3 Å². The molecule has 0 fully saturated rings. The molecule has 2 N–H and O–H groups in total. The van der Waals surface area contributed by atoms with Gasteiger partial charge in [-0.25, -0.2) is 0 Å². The molecule has 3 nitrogen and oxygen atoms in total. The second kappa shape index (κ2) is 6.38. The smallest absolute Gasteiger partial charge is 0.397 e. The molecular formula is C13H14F3NO2. The molecule has 0 aliphatic heterocycles. The lowest BCUT2D eigenvalue weighted by molar-refractivity contribution is -0.178. The third kappa shape index (κ3) is 4.40. The van der Waals surface area contributed by atoms with E-state index >= 15 is 0 Å². The monoisotopic (exact) mass is 273 g/mol. The van der Waals surface area contributed by atoms with Crippen molar-refractivity contribution in [3.8, 4) is 0 Å². The van der Waals surface area contributed by atoms with E-state index in [9.17, 15) is 18.0 Å². The Morgan fingerprint density at radius 3 is 2.37 bits per heavy atom. The molecule has 1 aromatic rings. The molecule has 0 heterocycles. The fraction of sp³-hybridized carbons (Fsp3) is 0.308. The van der Waals surface area contributed by atoms with Crippen molar-refractivity contribution >= 4 is 5.97 Å². The van der Waals surface area contributed by atoms with Crippen molar-refractivity contribution in [2.45, 2.75) is 18.8 Å². The van der Waals surface area contributed by atoms with E-state index in [1.54, 1.807) is 30.3 Å². The Bertz CT molecular complexity index is 431. The van der Waals surface area contributed by atoms with Crippen LogP contribution in [0.2, 0.25) is 0 Å². The number of aliphatic carboxylic acids is 1. The molecule has 0 aliphatic rings. The van der Waals surface area contributed by atoms with Gasteiger partial charge < -0.3 is 5.11 Å². The van der Waals surface area contributed by atoms with Crippen molar-refractivity contribution in [2.75, 3.05) is 0 Å². The second-order valence-corrected chi connectivity index (χ2v) is 3.99. The number of halogens is 3. The molecule has 0 bridgehead atoms. The van der Waals surface area contributed by atoms with Crippen LogP contribution in [-0.2, 0) is 11.3 Å². The van der Waals surface area contributed by atoms with Crippen molar-refractivity contribution in [3.63, 3.8) is 0 Å². The first kappa shape index (κ1) is 15.2. The number of alkyl halides is 3. The van der Waals surface area contributed by atoms with Gasteiger partial charge in [0.15, 0.2) is 0 Å². The van der Waals surface area contributed by atoms with Crippen LogP contribution < -0.4 is 5.32 Å². The summed E-state index contributed by atoms with van der Waals surface area (Å²) in [6, 6.07) is 6.85. The molecule has 19 heavy (non-hydrogen) atoms. The average Bonchev–Trinajstić information content (AvgIpc) is 2.33.